The van der Waals surface area contributed by atoms with Gasteiger partial charge in [0.15, 0.2) is 0 Å². The molecule has 1 amide bonds. The molecular weight excluding hydrogens is 254 g/mol. The third-order valence-electron chi connectivity index (χ3n) is 2.93. The van der Waals surface area contributed by atoms with Gasteiger partial charge in [-0.1, -0.05) is 11.6 Å². The molecule has 0 bridgehead atoms. The number of ether oxygens (including phenoxy) is 1. The summed E-state index contributed by atoms with van der Waals surface area (Å²) in [6, 6.07) is 3.12. The van der Waals surface area contributed by atoms with Crippen LogP contribution in [0.15, 0.2) is 12.1 Å². The summed E-state index contributed by atoms with van der Waals surface area (Å²) in [7, 11) is 0. The molecule has 0 aliphatic carbocycles. The molecule has 0 radical (unpaired) electrons. The Bertz CT molecular complexity index is 446. The Morgan fingerprint density at radius 2 is 2.28 bits per heavy atom. The number of hydrogen-bond donors (Lipinski definition) is 1. The normalized spacial score (nSPS) is 24.1. The Morgan fingerprint density at radius 3 is 2.94 bits per heavy atom. The first kappa shape index (κ1) is 13.1. The molecule has 1 saturated heterocycles. The average Bonchev–Trinajstić information content (AvgIpc) is 2.30. The van der Waals surface area contributed by atoms with Crippen molar-refractivity contribution in [3.8, 4) is 0 Å². The molecule has 6 heteroatoms. The third-order valence-corrected chi connectivity index (χ3v) is 3.12. The lowest BCUT2D eigenvalue weighted by molar-refractivity contribution is -0.0387. The van der Waals surface area contributed by atoms with Crippen molar-refractivity contribution in [2.24, 2.45) is 0 Å². The molecule has 5 nitrogen and oxygen atoms in total. The first-order valence-corrected chi connectivity index (χ1v) is 6.21. The minimum Gasteiger partial charge on any atom is -0.384 e. The van der Waals surface area contributed by atoms with E-state index in [4.69, 9.17) is 22.1 Å². The third kappa shape index (κ3) is 2.73. The number of carbonyl (C=O) groups is 1. The molecule has 2 atom stereocenters. The second-order valence-electron chi connectivity index (χ2n) is 4.55. The number of aromatic nitrogens is 1. The Hall–Kier alpha value is -1.33. The summed E-state index contributed by atoms with van der Waals surface area (Å²) >= 11 is 5.81. The van der Waals surface area contributed by atoms with E-state index in [-0.39, 0.29) is 29.0 Å². The fourth-order valence-corrected chi connectivity index (χ4v) is 2.21. The van der Waals surface area contributed by atoms with E-state index < -0.39 is 0 Å². The van der Waals surface area contributed by atoms with E-state index in [1.165, 1.54) is 6.07 Å². The number of anilines is 1. The molecule has 0 spiro atoms. The van der Waals surface area contributed by atoms with Gasteiger partial charge in [-0.3, -0.25) is 4.79 Å². The van der Waals surface area contributed by atoms with E-state index >= 15 is 0 Å². The predicted octanol–water partition coefficient (Wildman–Crippen LogP) is 1.57. The van der Waals surface area contributed by atoms with E-state index in [1.807, 2.05) is 13.8 Å². The standard InChI is InChI=1S/C12H16ClN3O2/c1-7-6-18-8(2)5-16(7)12(17)9-3-10(13)15-11(14)4-9/h3-4,7-8H,5-6H2,1-2H3,(H2,14,15). The van der Waals surface area contributed by atoms with Crippen molar-refractivity contribution in [1.29, 1.82) is 0 Å². The molecule has 1 aliphatic rings. The summed E-state index contributed by atoms with van der Waals surface area (Å²) in [4.78, 5) is 18.0. The predicted molar refractivity (Wildman–Crippen MR) is 69.6 cm³/mol. The minimum atomic E-state index is -0.0892. The number of nitrogen functional groups attached to an aromatic ring is 1. The number of hydrogen-bond acceptors (Lipinski definition) is 4. The maximum atomic E-state index is 12.4. The Morgan fingerprint density at radius 1 is 1.56 bits per heavy atom. The fourth-order valence-electron chi connectivity index (χ4n) is 1.99. The maximum Gasteiger partial charge on any atom is 0.254 e. The lowest BCUT2D eigenvalue weighted by Crippen LogP contribution is -2.50. The van der Waals surface area contributed by atoms with Crippen molar-refractivity contribution in [2.75, 3.05) is 18.9 Å². The van der Waals surface area contributed by atoms with Gasteiger partial charge in [-0.25, -0.2) is 4.98 Å². The minimum absolute atomic E-state index is 0.0415. The smallest absolute Gasteiger partial charge is 0.254 e. The SMILES string of the molecule is CC1CN(C(=O)c2cc(N)nc(Cl)c2)C(C)CO1. The molecule has 1 aromatic heterocycles. The van der Waals surface area contributed by atoms with Crippen LogP contribution in [0.1, 0.15) is 24.2 Å². The number of nitrogens with zero attached hydrogens (tertiary/aromatic N) is 2. The van der Waals surface area contributed by atoms with Crippen molar-refractivity contribution in [3.05, 3.63) is 22.8 Å². The Kier molecular flexibility index (Phi) is 3.73. The number of halogens is 1. The molecular formula is C12H16ClN3O2. The van der Waals surface area contributed by atoms with Gasteiger partial charge in [0.1, 0.15) is 11.0 Å². The number of rotatable bonds is 1. The van der Waals surface area contributed by atoms with Gasteiger partial charge in [-0.2, -0.15) is 0 Å². The van der Waals surface area contributed by atoms with Gasteiger partial charge in [-0.05, 0) is 26.0 Å². The summed E-state index contributed by atoms with van der Waals surface area (Å²) in [6.07, 6.45) is 0.0415. The number of carbonyl (C=O) groups excluding carboxylic acids is 1. The molecule has 98 valence electrons. The molecule has 2 unspecified atom stereocenters. The van der Waals surface area contributed by atoms with Crippen molar-refractivity contribution < 1.29 is 9.53 Å². The zero-order chi connectivity index (χ0) is 13.3. The summed E-state index contributed by atoms with van der Waals surface area (Å²) in [5.41, 5.74) is 6.06. The van der Waals surface area contributed by atoms with E-state index in [2.05, 4.69) is 4.98 Å². The monoisotopic (exact) mass is 269 g/mol. The van der Waals surface area contributed by atoms with Crippen LogP contribution < -0.4 is 5.73 Å². The van der Waals surface area contributed by atoms with Crippen molar-refractivity contribution in [2.45, 2.75) is 26.0 Å². The van der Waals surface area contributed by atoms with Gasteiger partial charge >= 0.3 is 0 Å². The number of pyridine rings is 1. The number of amides is 1. The average molecular weight is 270 g/mol. The van der Waals surface area contributed by atoms with Gasteiger partial charge in [0, 0.05) is 12.1 Å². The van der Waals surface area contributed by atoms with Gasteiger partial charge < -0.3 is 15.4 Å². The van der Waals surface area contributed by atoms with Crippen molar-refractivity contribution in [1.82, 2.24) is 9.88 Å². The summed E-state index contributed by atoms with van der Waals surface area (Å²) in [5.74, 6) is 0.161. The molecule has 2 heterocycles. The molecule has 1 aliphatic heterocycles. The Labute approximate surface area is 111 Å². The second kappa shape index (κ2) is 5.12. The first-order chi connectivity index (χ1) is 8.47. The molecule has 0 saturated carbocycles. The lowest BCUT2D eigenvalue weighted by atomic mass is 10.1. The number of morpholine rings is 1. The van der Waals surface area contributed by atoms with Gasteiger partial charge in [0.25, 0.3) is 5.91 Å². The first-order valence-electron chi connectivity index (χ1n) is 5.83. The quantitative estimate of drug-likeness (QED) is 0.786. The summed E-state index contributed by atoms with van der Waals surface area (Å²) < 4.78 is 5.50. The molecule has 1 fully saturated rings. The van der Waals surface area contributed by atoms with Crippen LogP contribution in [0.2, 0.25) is 5.15 Å². The van der Waals surface area contributed by atoms with E-state index in [9.17, 15) is 4.79 Å². The van der Waals surface area contributed by atoms with Gasteiger partial charge in [0.2, 0.25) is 0 Å². The van der Waals surface area contributed by atoms with Crippen LogP contribution in [0.3, 0.4) is 0 Å². The molecule has 18 heavy (non-hydrogen) atoms. The molecule has 0 aromatic carbocycles. The molecule has 2 N–H and O–H groups in total. The van der Waals surface area contributed by atoms with Crippen molar-refractivity contribution >= 4 is 23.3 Å². The zero-order valence-electron chi connectivity index (χ0n) is 10.4. The van der Waals surface area contributed by atoms with Crippen LogP contribution in [0, 0.1) is 0 Å². The summed E-state index contributed by atoms with van der Waals surface area (Å²) in [6.45, 7) is 5.01. The van der Waals surface area contributed by atoms with E-state index in [1.54, 1.807) is 11.0 Å². The molecule has 2 rings (SSSR count). The van der Waals surface area contributed by atoms with Crippen LogP contribution in [0.4, 0.5) is 5.82 Å². The largest absolute Gasteiger partial charge is 0.384 e. The number of nitrogens with two attached hydrogens (primary N) is 1. The van der Waals surface area contributed by atoms with Gasteiger partial charge in [-0.15, -0.1) is 0 Å². The van der Waals surface area contributed by atoms with Crippen LogP contribution in [-0.4, -0.2) is 41.1 Å². The highest BCUT2D eigenvalue weighted by Gasteiger charge is 2.28. The topological polar surface area (TPSA) is 68.5 Å². The maximum absolute atomic E-state index is 12.4. The zero-order valence-corrected chi connectivity index (χ0v) is 11.1. The summed E-state index contributed by atoms with van der Waals surface area (Å²) in [5, 5.41) is 0.229. The van der Waals surface area contributed by atoms with Crippen LogP contribution in [0.25, 0.3) is 0 Å². The lowest BCUT2D eigenvalue weighted by Gasteiger charge is -2.36. The van der Waals surface area contributed by atoms with Crippen molar-refractivity contribution in [3.63, 3.8) is 0 Å². The Balaban J connectivity index is 2.24. The van der Waals surface area contributed by atoms with Crippen LogP contribution in [0.5, 0.6) is 0 Å². The highest BCUT2D eigenvalue weighted by molar-refractivity contribution is 6.29. The highest BCUT2D eigenvalue weighted by Crippen LogP contribution is 2.18. The van der Waals surface area contributed by atoms with Crippen LogP contribution in [-0.2, 0) is 4.74 Å². The second-order valence-corrected chi connectivity index (χ2v) is 4.94. The molecule has 1 aromatic rings. The van der Waals surface area contributed by atoms with Gasteiger partial charge in [0.05, 0.1) is 18.8 Å². The fraction of sp³-hybridized carbons (Fsp3) is 0.500. The van der Waals surface area contributed by atoms with E-state index in [0.29, 0.717) is 18.7 Å². The van der Waals surface area contributed by atoms with Crippen LogP contribution >= 0.6 is 11.6 Å². The van der Waals surface area contributed by atoms with E-state index in [0.717, 1.165) is 0 Å². The highest BCUT2D eigenvalue weighted by atomic mass is 35.5.